The number of benzene rings is 2. The Hall–Kier alpha value is -3.35. The monoisotopic (exact) mass is 478 g/mol. The lowest BCUT2D eigenvalue weighted by atomic mass is 9.85. The first kappa shape index (κ1) is 24.8. The molecule has 1 aliphatic heterocycles. The molecule has 2 N–H and O–H groups in total. The van der Waals surface area contributed by atoms with E-state index in [1.165, 1.54) is 11.1 Å². The Morgan fingerprint density at radius 3 is 2.23 bits per heavy atom. The maximum absolute atomic E-state index is 13.3. The molecule has 3 atom stereocenters. The van der Waals surface area contributed by atoms with Crippen molar-refractivity contribution >= 4 is 18.0 Å². The molecule has 7 nitrogen and oxygen atoms in total. The highest BCUT2D eigenvalue weighted by Gasteiger charge is 2.41. The van der Waals surface area contributed by atoms with Crippen molar-refractivity contribution in [2.24, 2.45) is 17.3 Å². The van der Waals surface area contributed by atoms with Crippen molar-refractivity contribution in [2.45, 2.75) is 39.5 Å². The Balaban J connectivity index is 1.35. The van der Waals surface area contributed by atoms with E-state index in [1.807, 2.05) is 45.0 Å². The summed E-state index contributed by atoms with van der Waals surface area (Å²) in [5.74, 6) is -0.839. The van der Waals surface area contributed by atoms with Crippen molar-refractivity contribution in [1.29, 1.82) is 0 Å². The van der Waals surface area contributed by atoms with Crippen LogP contribution < -0.4 is 5.32 Å². The normalized spacial score (nSPS) is 20.6. The van der Waals surface area contributed by atoms with Gasteiger partial charge in [0.1, 0.15) is 6.61 Å². The van der Waals surface area contributed by atoms with Gasteiger partial charge < -0.3 is 20.1 Å². The molecule has 0 spiro atoms. The summed E-state index contributed by atoms with van der Waals surface area (Å²) in [6.45, 7) is 7.10. The van der Waals surface area contributed by atoms with Crippen molar-refractivity contribution in [3.8, 4) is 11.1 Å². The van der Waals surface area contributed by atoms with E-state index in [-0.39, 0.29) is 43.2 Å². The fourth-order valence-corrected chi connectivity index (χ4v) is 5.34. The van der Waals surface area contributed by atoms with Crippen molar-refractivity contribution in [1.82, 2.24) is 10.2 Å². The number of hydrogen-bond donors (Lipinski definition) is 2. The van der Waals surface area contributed by atoms with Crippen molar-refractivity contribution in [3.05, 3.63) is 59.7 Å². The number of nitrogens with one attached hydrogen (secondary N) is 1. The molecule has 0 saturated carbocycles. The van der Waals surface area contributed by atoms with Gasteiger partial charge in [-0.3, -0.25) is 9.59 Å². The molecule has 3 unspecified atom stereocenters. The molecule has 186 valence electrons. The molecule has 0 bridgehead atoms. The smallest absolute Gasteiger partial charge is 0.407 e. The van der Waals surface area contributed by atoms with Gasteiger partial charge in [0.25, 0.3) is 0 Å². The molecule has 7 heteroatoms. The number of ether oxygens (including phenoxy) is 1. The predicted molar refractivity (Wildman–Crippen MR) is 133 cm³/mol. The molecule has 2 aromatic rings. The molecule has 0 aromatic heterocycles. The van der Waals surface area contributed by atoms with Gasteiger partial charge >= 0.3 is 12.1 Å². The molecule has 2 aliphatic rings. The van der Waals surface area contributed by atoms with Crippen molar-refractivity contribution in [2.75, 3.05) is 26.2 Å². The summed E-state index contributed by atoms with van der Waals surface area (Å²) in [5.41, 5.74) is 3.84. The average molecular weight is 479 g/mol. The summed E-state index contributed by atoms with van der Waals surface area (Å²) in [6.07, 6.45) is 0.0633. The van der Waals surface area contributed by atoms with Crippen molar-refractivity contribution < 1.29 is 24.2 Å². The SMILES string of the molecule is CCC(C)(CNC(=O)OCC1c2ccccc2-c2ccccc21)C(=O)N1CC(C)C(CC(=O)O)C1. The Morgan fingerprint density at radius 2 is 1.66 bits per heavy atom. The zero-order valence-electron chi connectivity index (χ0n) is 20.6. The minimum atomic E-state index is -0.841. The van der Waals surface area contributed by atoms with Crippen LogP contribution in [0.15, 0.2) is 48.5 Å². The number of carboxylic acid groups (broad SMARTS) is 1. The molecule has 1 heterocycles. The summed E-state index contributed by atoms with van der Waals surface area (Å²) in [6, 6.07) is 16.3. The highest BCUT2D eigenvalue weighted by atomic mass is 16.5. The number of aliphatic carboxylic acids is 1. The topological polar surface area (TPSA) is 95.9 Å². The minimum Gasteiger partial charge on any atom is -0.481 e. The van der Waals surface area contributed by atoms with Crippen LogP contribution in [0.4, 0.5) is 4.79 Å². The van der Waals surface area contributed by atoms with Gasteiger partial charge in [0.05, 0.1) is 11.8 Å². The van der Waals surface area contributed by atoms with E-state index >= 15 is 0 Å². The quantitative estimate of drug-likeness (QED) is 0.582. The van der Waals surface area contributed by atoms with Crippen LogP contribution in [0.3, 0.4) is 0 Å². The van der Waals surface area contributed by atoms with E-state index in [0.29, 0.717) is 19.5 Å². The van der Waals surface area contributed by atoms with E-state index in [2.05, 4.69) is 29.6 Å². The number of likely N-dealkylation sites (tertiary alicyclic amines) is 1. The number of alkyl carbamates (subject to hydrolysis) is 1. The van der Waals surface area contributed by atoms with Crippen LogP contribution >= 0.6 is 0 Å². The molecule has 0 radical (unpaired) electrons. The first-order valence-electron chi connectivity index (χ1n) is 12.3. The lowest BCUT2D eigenvalue weighted by Gasteiger charge is -2.32. The standard InChI is InChI=1S/C28H34N2O5/c1-4-28(3,26(33)30-14-18(2)19(15-30)13-25(31)32)17-29-27(34)35-16-24-22-11-7-5-9-20(22)21-10-6-8-12-23(21)24/h5-12,18-19,24H,4,13-17H2,1-3H3,(H,29,34)(H,31,32). The van der Waals surface area contributed by atoms with Crippen LogP contribution in [-0.4, -0.2) is 54.2 Å². The zero-order valence-corrected chi connectivity index (χ0v) is 20.6. The molecule has 35 heavy (non-hydrogen) atoms. The molecule has 2 amide bonds. The van der Waals surface area contributed by atoms with E-state index in [9.17, 15) is 14.4 Å². The van der Waals surface area contributed by atoms with Crippen LogP contribution in [0.1, 0.15) is 50.7 Å². The van der Waals surface area contributed by atoms with Crippen LogP contribution in [0.25, 0.3) is 11.1 Å². The Kier molecular flexibility index (Phi) is 7.15. The predicted octanol–water partition coefficient (Wildman–Crippen LogP) is 4.51. The van der Waals surface area contributed by atoms with Gasteiger partial charge in [-0.1, -0.05) is 62.4 Å². The molecule has 4 rings (SSSR count). The Morgan fingerprint density at radius 1 is 1.06 bits per heavy atom. The highest BCUT2D eigenvalue weighted by molar-refractivity contribution is 5.84. The van der Waals surface area contributed by atoms with Gasteiger partial charge in [-0.15, -0.1) is 0 Å². The Labute approximate surface area is 206 Å². The van der Waals surface area contributed by atoms with E-state index in [4.69, 9.17) is 9.84 Å². The number of carboxylic acids is 1. The summed E-state index contributed by atoms with van der Waals surface area (Å²) in [7, 11) is 0. The number of fused-ring (bicyclic) bond motifs is 3. The summed E-state index contributed by atoms with van der Waals surface area (Å²) in [5, 5.41) is 11.9. The summed E-state index contributed by atoms with van der Waals surface area (Å²) >= 11 is 0. The maximum atomic E-state index is 13.3. The van der Waals surface area contributed by atoms with E-state index in [0.717, 1.165) is 11.1 Å². The van der Waals surface area contributed by atoms with Gasteiger partial charge in [-0.05, 0) is 47.4 Å². The van der Waals surface area contributed by atoms with Gasteiger partial charge in [-0.2, -0.15) is 0 Å². The second-order valence-corrected chi connectivity index (χ2v) is 10.1. The molecule has 2 aromatic carbocycles. The van der Waals surface area contributed by atoms with E-state index < -0.39 is 17.5 Å². The van der Waals surface area contributed by atoms with Gasteiger partial charge in [0, 0.05) is 25.6 Å². The van der Waals surface area contributed by atoms with Gasteiger partial charge in [0.2, 0.25) is 5.91 Å². The second-order valence-electron chi connectivity index (χ2n) is 10.1. The largest absolute Gasteiger partial charge is 0.481 e. The van der Waals surface area contributed by atoms with Crippen LogP contribution in [-0.2, 0) is 14.3 Å². The Bertz CT molecular complexity index is 1070. The third-order valence-corrected chi connectivity index (χ3v) is 7.76. The number of hydrogen-bond acceptors (Lipinski definition) is 4. The minimum absolute atomic E-state index is 0.0235. The maximum Gasteiger partial charge on any atom is 0.407 e. The lowest BCUT2D eigenvalue weighted by molar-refractivity contribution is -0.141. The highest BCUT2D eigenvalue weighted by Crippen LogP contribution is 2.44. The van der Waals surface area contributed by atoms with Gasteiger partial charge in [-0.25, -0.2) is 4.79 Å². The summed E-state index contributed by atoms with van der Waals surface area (Å²) < 4.78 is 5.62. The first-order chi connectivity index (χ1) is 16.7. The van der Waals surface area contributed by atoms with Crippen LogP contribution in [0.5, 0.6) is 0 Å². The lowest BCUT2D eigenvalue weighted by Crippen LogP contribution is -2.48. The molecule has 1 aliphatic carbocycles. The fourth-order valence-electron chi connectivity index (χ4n) is 5.34. The average Bonchev–Trinajstić information content (AvgIpc) is 3.37. The number of rotatable bonds is 8. The molecular formula is C28H34N2O5. The fraction of sp³-hybridized carbons (Fsp3) is 0.464. The third-order valence-electron chi connectivity index (χ3n) is 7.76. The summed E-state index contributed by atoms with van der Waals surface area (Å²) in [4.78, 5) is 38.8. The molecular weight excluding hydrogens is 444 g/mol. The number of carbonyl (C=O) groups is 3. The number of carbonyl (C=O) groups excluding carboxylic acids is 2. The number of amides is 2. The molecule has 1 saturated heterocycles. The first-order valence-corrected chi connectivity index (χ1v) is 12.3. The molecule has 1 fully saturated rings. The number of nitrogens with zero attached hydrogens (tertiary/aromatic N) is 1. The van der Waals surface area contributed by atoms with E-state index in [1.54, 1.807) is 4.90 Å². The zero-order chi connectivity index (χ0) is 25.2. The van der Waals surface area contributed by atoms with Crippen LogP contribution in [0, 0.1) is 17.3 Å². The van der Waals surface area contributed by atoms with Crippen LogP contribution in [0.2, 0.25) is 0 Å². The van der Waals surface area contributed by atoms with Gasteiger partial charge in [0.15, 0.2) is 0 Å². The second kappa shape index (κ2) is 10.1. The van der Waals surface area contributed by atoms with Crippen molar-refractivity contribution in [3.63, 3.8) is 0 Å². The third kappa shape index (κ3) is 5.04.